The number of nitrogens with two attached hydrogens (primary N) is 1. The number of carbonyl (C=O) groups is 3. The second-order valence-electron chi connectivity index (χ2n) is 8.84. The van der Waals surface area contributed by atoms with Gasteiger partial charge < -0.3 is 15.5 Å². The smallest absolute Gasteiger partial charge is 0.277 e. The zero-order valence-electron chi connectivity index (χ0n) is 19.4. The maximum Gasteiger partial charge on any atom is 0.277 e. The number of halogens is 1. The molecule has 5 rings (SSSR count). The van der Waals surface area contributed by atoms with Crippen LogP contribution in [0.1, 0.15) is 57.8 Å². The number of fused-ring (bicyclic) bond motifs is 1. The molecule has 1 saturated heterocycles. The molecular formula is C26H23FN6O3. The Morgan fingerprint density at radius 1 is 1.00 bits per heavy atom. The molecule has 0 radical (unpaired) electrons. The van der Waals surface area contributed by atoms with Crippen molar-refractivity contribution in [3.63, 3.8) is 0 Å². The minimum absolute atomic E-state index is 0.0546. The Balaban J connectivity index is 1.50. The van der Waals surface area contributed by atoms with Gasteiger partial charge in [-0.3, -0.25) is 14.4 Å². The van der Waals surface area contributed by atoms with Crippen LogP contribution < -0.4 is 15.5 Å². The Kier molecular flexibility index (Phi) is 5.98. The Labute approximate surface area is 206 Å². The van der Waals surface area contributed by atoms with E-state index >= 15 is 0 Å². The monoisotopic (exact) mass is 486 g/mol. The van der Waals surface area contributed by atoms with Gasteiger partial charge in [0, 0.05) is 37.0 Å². The van der Waals surface area contributed by atoms with Gasteiger partial charge in [-0.2, -0.15) is 10.4 Å². The van der Waals surface area contributed by atoms with Crippen molar-refractivity contribution in [1.82, 2.24) is 9.78 Å². The van der Waals surface area contributed by atoms with Crippen LogP contribution in [-0.2, 0) is 11.2 Å². The number of rotatable bonds is 4. The van der Waals surface area contributed by atoms with Gasteiger partial charge in [-0.1, -0.05) is 6.42 Å². The first-order chi connectivity index (χ1) is 17.4. The predicted molar refractivity (Wildman–Crippen MR) is 129 cm³/mol. The van der Waals surface area contributed by atoms with Crippen LogP contribution in [0.3, 0.4) is 0 Å². The summed E-state index contributed by atoms with van der Waals surface area (Å²) in [6, 6.07) is 12.4. The number of aromatic nitrogens is 2. The van der Waals surface area contributed by atoms with Crippen molar-refractivity contribution in [1.29, 1.82) is 5.26 Å². The zero-order chi connectivity index (χ0) is 25.4. The van der Waals surface area contributed by atoms with Crippen LogP contribution in [0.25, 0.3) is 5.69 Å². The molecule has 10 heteroatoms. The molecule has 0 bridgehead atoms. The molecule has 1 fully saturated rings. The van der Waals surface area contributed by atoms with Crippen molar-refractivity contribution >= 4 is 29.1 Å². The van der Waals surface area contributed by atoms with Crippen LogP contribution in [0, 0.1) is 17.1 Å². The third-order valence-corrected chi connectivity index (χ3v) is 6.58. The van der Waals surface area contributed by atoms with Crippen LogP contribution in [0.4, 0.5) is 15.8 Å². The van der Waals surface area contributed by atoms with Gasteiger partial charge >= 0.3 is 0 Å². The van der Waals surface area contributed by atoms with E-state index in [0.29, 0.717) is 31.6 Å². The molecule has 3 aromatic rings. The lowest BCUT2D eigenvalue weighted by atomic mass is 10.1. The van der Waals surface area contributed by atoms with E-state index in [0.717, 1.165) is 36.6 Å². The van der Waals surface area contributed by atoms with Crippen LogP contribution in [0.2, 0.25) is 0 Å². The van der Waals surface area contributed by atoms with Gasteiger partial charge in [-0.25, -0.2) is 9.07 Å². The predicted octanol–water partition coefficient (Wildman–Crippen LogP) is 3.09. The summed E-state index contributed by atoms with van der Waals surface area (Å²) >= 11 is 0. The molecule has 9 nitrogen and oxygen atoms in total. The molecule has 0 spiro atoms. The fourth-order valence-electron chi connectivity index (χ4n) is 4.74. The fourth-order valence-corrected chi connectivity index (χ4v) is 4.74. The van der Waals surface area contributed by atoms with E-state index in [1.807, 2.05) is 23.1 Å². The van der Waals surface area contributed by atoms with Crippen molar-refractivity contribution < 1.29 is 18.8 Å². The quantitative estimate of drug-likeness (QED) is 0.607. The van der Waals surface area contributed by atoms with Gasteiger partial charge in [0.15, 0.2) is 5.69 Å². The summed E-state index contributed by atoms with van der Waals surface area (Å²) in [5.41, 5.74) is 7.83. The summed E-state index contributed by atoms with van der Waals surface area (Å²) in [4.78, 5) is 41.4. The lowest BCUT2D eigenvalue weighted by Gasteiger charge is -2.22. The largest absolute Gasteiger partial charge is 0.364 e. The summed E-state index contributed by atoms with van der Waals surface area (Å²) in [5, 5.41) is 13.3. The van der Waals surface area contributed by atoms with E-state index in [1.54, 1.807) is 11.0 Å². The SMILES string of the molecule is N#Cc1cc(-n2nc(C(N)=O)cc2C(=O)N2CCc3cc(N4CCCCCC4=O)ccc32)ccc1F. The highest BCUT2D eigenvalue weighted by Crippen LogP contribution is 2.34. The number of hydrogen-bond acceptors (Lipinski definition) is 5. The average molecular weight is 487 g/mol. The van der Waals surface area contributed by atoms with Crippen molar-refractivity contribution in [2.45, 2.75) is 32.1 Å². The van der Waals surface area contributed by atoms with Crippen LogP contribution in [0.5, 0.6) is 0 Å². The summed E-state index contributed by atoms with van der Waals surface area (Å²) in [5.74, 6) is -1.84. The summed E-state index contributed by atoms with van der Waals surface area (Å²) in [7, 11) is 0. The number of nitriles is 1. The molecule has 36 heavy (non-hydrogen) atoms. The molecule has 2 N–H and O–H groups in total. The van der Waals surface area contributed by atoms with Crippen LogP contribution in [0.15, 0.2) is 42.5 Å². The Hall–Kier alpha value is -4.52. The third kappa shape index (κ3) is 4.09. The van der Waals surface area contributed by atoms with E-state index in [9.17, 15) is 24.0 Å². The minimum atomic E-state index is -0.820. The Bertz CT molecular complexity index is 1440. The lowest BCUT2D eigenvalue weighted by molar-refractivity contribution is -0.118. The van der Waals surface area contributed by atoms with Gasteiger partial charge in [0.25, 0.3) is 11.8 Å². The van der Waals surface area contributed by atoms with Gasteiger partial charge in [0.2, 0.25) is 5.91 Å². The molecule has 2 aliphatic heterocycles. The van der Waals surface area contributed by atoms with Crippen LogP contribution in [-0.4, -0.2) is 40.6 Å². The molecular weight excluding hydrogens is 463 g/mol. The normalized spacial score (nSPS) is 15.4. The molecule has 2 aromatic carbocycles. The van der Waals surface area contributed by atoms with Crippen molar-refractivity contribution in [3.8, 4) is 11.8 Å². The number of nitrogens with zero attached hydrogens (tertiary/aromatic N) is 5. The molecule has 0 unspecified atom stereocenters. The number of amides is 3. The molecule has 0 saturated carbocycles. The molecule has 3 amide bonds. The van der Waals surface area contributed by atoms with Crippen molar-refractivity contribution in [2.75, 3.05) is 22.9 Å². The molecule has 3 heterocycles. The number of primary amides is 1. The Morgan fingerprint density at radius 3 is 2.58 bits per heavy atom. The number of hydrogen-bond donors (Lipinski definition) is 1. The van der Waals surface area contributed by atoms with Crippen molar-refractivity contribution in [2.24, 2.45) is 5.73 Å². The van der Waals surface area contributed by atoms with Gasteiger partial charge in [-0.05, 0) is 61.2 Å². The highest BCUT2D eigenvalue weighted by molar-refractivity contribution is 6.08. The zero-order valence-corrected chi connectivity index (χ0v) is 19.4. The third-order valence-electron chi connectivity index (χ3n) is 6.58. The molecule has 0 aliphatic carbocycles. The van der Waals surface area contributed by atoms with Gasteiger partial charge in [-0.15, -0.1) is 0 Å². The summed E-state index contributed by atoms with van der Waals surface area (Å²) < 4.78 is 15.1. The van der Waals surface area contributed by atoms with Gasteiger partial charge in [0.05, 0.1) is 11.3 Å². The second-order valence-corrected chi connectivity index (χ2v) is 8.84. The van der Waals surface area contributed by atoms with E-state index in [2.05, 4.69) is 5.10 Å². The second kappa shape index (κ2) is 9.26. The highest BCUT2D eigenvalue weighted by Gasteiger charge is 2.30. The summed E-state index contributed by atoms with van der Waals surface area (Å²) in [6.07, 6.45) is 4.01. The average Bonchev–Trinajstić information content (AvgIpc) is 3.45. The molecule has 1 aromatic heterocycles. The first kappa shape index (κ1) is 23.2. The number of benzene rings is 2. The van der Waals surface area contributed by atoms with E-state index in [4.69, 9.17) is 5.73 Å². The summed E-state index contributed by atoms with van der Waals surface area (Å²) in [6.45, 7) is 1.08. The maximum atomic E-state index is 13.9. The first-order valence-electron chi connectivity index (χ1n) is 11.7. The Morgan fingerprint density at radius 2 is 1.81 bits per heavy atom. The molecule has 182 valence electrons. The molecule has 2 aliphatic rings. The first-order valence-corrected chi connectivity index (χ1v) is 11.7. The number of carbonyl (C=O) groups excluding carboxylic acids is 3. The highest BCUT2D eigenvalue weighted by atomic mass is 19.1. The lowest BCUT2D eigenvalue weighted by Crippen LogP contribution is -2.31. The topological polar surface area (TPSA) is 125 Å². The maximum absolute atomic E-state index is 13.9. The van der Waals surface area contributed by atoms with E-state index < -0.39 is 17.6 Å². The standard InChI is InChI=1S/C26H23FN6O3/c27-20-7-5-19(13-17(20)15-28)33-23(14-21(30-33)25(29)35)26(36)32-11-9-16-12-18(6-8-22(16)32)31-10-3-1-2-4-24(31)34/h5-8,12-14H,1-4,9-11H2,(H2,29,35). The fraction of sp³-hybridized carbons (Fsp3) is 0.269. The van der Waals surface area contributed by atoms with E-state index in [-0.39, 0.29) is 28.5 Å². The van der Waals surface area contributed by atoms with Crippen molar-refractivity contribution in [3.05, 3.63) is 70.8 Å². The minimum Gasteiger partial charge on any atom is -0.364 e. The molecule has 0 atom stereocenters. The number of anilines is 2. The van der Waals surface area contributed by atoms with E-state index in [1.165, 1.54) is 22.9 Å². The van der Waals surface area contributed by atoms with Gasteiger partial charge in [0.1, 0.15) is 17.6 Å². The van der Waals surface area contributed by atoms with Crippen LogP contribution >= 0.6 is 0 Å².